The van der Waals surface area contributed by atoms with Gasteiger partial charge in [0.2, 0.25) is 0 Å². The lowest BCUT2D eigenvalue weighted by molar-refractivity contribution is -0.123. The van der Waals surface area contributed by atoms with Crippen LogP contribution in [0.4, 0.5) is 9.18 Å². The molecule has 1 fully saturated rings. The van der Waals surface area contributed by atoms with Crippen LogP contribution in [0.3, 0.4) is 0 Å². The van der Waals surface area contributed by atoms with Crippen molar-refractivity contribution in [3.8, 4) is 11.5 Å². The lowest BCUT2D eigenvalue weighted by Gasteiger charge is -2.16. The maximum absolute atomic E-state index is 14.2. The molecule has 2 amide bonds. The maximum atomic E-state index is 14.2. The van der Waals surface area contributed by atoms with Crippen molar-refractivity contribution in [1.82, 2.24) is 4.90 Å². The van der Waals surface area contributed by atoms with Gasteiger partial charge in [0, 0.05) is 5.56 Å². The normalized spacial score (nSPS) is 14.6. The second kappa shape index (κ2) is 11.7. The summed E-state index contributed by atoms with van der Waals surface area (Å²) in [5.41, 5.74) is 2.87. The number of hydrogen-bond acceptors (Lipinski definition) is 5. The summed E-state index contributed by atoms with van der Waals surface area (Å²) >= 11 is 9.14. The first kappa shape index (κ1) is 26.5. The van der Waals surface area contributed by atoms with Crippen LogP contribution in [0.25, 0.3) is 6.08 Å². The lowest BCUT2D eigenvalue weighted by atomic mass is 10.1. The largest absolute Gasteiger partial charge is 0.490 e. The molecule has 0 atom stereocenters. The molecule has 5 nitrogen and oxygen atoms in total. The van der Waals surface area contributed by atoms with E-state index >= 15 is 0 Å². The number of hydrogen-bond donors (Lipinski definition) is 0. The monoisotopic (exact) mass is 637 g/mol. The molecule has 1 saturated heterocycles. The molecule has 0 aliphatic carbocycles. The van der Waals surface area contributed by atoms with E-state index in [2.05, 4.69) is 22.6 Å². The minimum atomic E-state index is -0.450. The molecule has 186 valence electrons. The van der Waals surface area contributed by atoms with Crippen LogP contribution in [0.15, 0.2) is 59.5 Å². The van der Waals surface area contributed by atoms with Crippen molar-refractivity contribution >= 4 is 63.2 Å². The Bertz CT molecular complexity index is 1340. The van der Waals surface area contributed by atoms with Crippen LogP contribution >= 0.6 is 46.0 Å². The van der Waals surface area contributed by atoms with Crippen LogP contribution in [0.5, 0.6) is 11.5 Å². The Kier molecular flexibility index (Phi) is 8.58. The minimum absolute atomic E-state index is 0.0707. The van der Waals surface area contributed by atoms with Crippen molar-refractivity contribution in [2.24, 2.45) is 0 Å². The van der Waals surface area contributed by atoms with Crippen molar-refractivity contribution in [2.75, 3.05) is 6.61 Å². The van der Waals surface area contributed by atoms with Gasteiger partial charge in [0.1, 0.15) is 12.4 Å². The van der Waals surface area contributed by atoms with E-state index in [1.807, 2.05) is 44.2 Å². The van der Waals surface area contributed by atoms with E-state index in [1.54, 1.807) is 18.2 Å². The Hall–Kier alpha value is -2.56. The number of carbonyl (C=O) groups is 2. The molecule has 1 heterocycles. The van der Waals surface area contributed by atoms with E-state index in [4.69, 9.17) is 21.1 Å². The SMILES string of the molecule is CCOc1cc(/C=C2\SC(=O)N(Cc3ccccc3C)C2=O)cc(I)c1OCc1c(F)cccc1Cl. The molecule has 0 bridgehead atoms. The van der Waals surface area contributed by atoms with Crippen molar-refractivity contribution in [1.29, 1.82) is 0 Å². The van der Waals surface area contributed by atoms with Crippen LogP contribution < -0.4 is 9.47 Å². The lowest BCUT2D eigenvalue weighted by Crippen LogP contribution is -2.27. The molecule has 0 unspecified atom stereocenters. The number of rotatable bonds is 8. The first-order valence-corrected chi connectivity index (χ1v) is 13.4. The molecule has 0 aromatic heterocycles. The van der Waals surface area contributed by atoms with Gasteiger partial charge in [-0.05, 0) is 95.2 Å². The number of amides is 2. The van der Waals surface area contributed by atoms with E-state index < -0.39 is 5.82 Å². The highest BCUT2D eigenvalue weighted by Crippen LogP contribution is 2.38. The molecular weight excluding hydrogens is 616 g/mol. The molecule has 1 aliphatic heterocycles. The van der Waals surface area contributed by atoms with Gasteiger partial charge < -0.3 is 9.47 Å². The zero-order valence-corrected chi connectivity index (χ0v) is 23.2. The summed E-state index contributed by atoms with van der Waals surface area (Å²) < 4.78 is 26.6. The number of benzene rings is 3. The Morgan fingerprint density at radius 3 is 2.61 bits per heavy atom. The molecule has 0 radical (unpaired) electrons. The Morgan fingerprint density at radius 2 is 1.89 bits per heavy atom. The summed E-state index contributed by atoms with van der Waals surface area (Å²) in [4.78, 5) is 27.2. The van der Waals surface area contributed by atoms with Crippen molar-refractivity contribution < 1.29 is 23.5 Å². The van der Waals surface area contributed by atoms with Crippen molar-refractivity contribution in [3.05, 3.63) is 96.2 Å². The van der Waals surface area contributed by atoms with Gasteiger partial charge >= 0.3 is 0 Å². The van der Waals surface area contributed by atoms with Crippen LogP contribution in [0.1, 0.15) is 29.2 Å². The average molecular weight is 638 g/mol. The number of nitrogens with zero attached hydrogens (tertiary/aromatic N) is 1. The van der Waals surface area contributed by atoms with E-state index in [0.29, 0.717) is 32.1 Å². The van der Waals surface area contributed by atoms with Crippen LogP contribution in [-0.2, 0) is 17.9 Å². The molecule has 0 saturated carbocycles. The van der Waals surface area contributed by atoms with Gasteiger partial charge in [-0.2, -0.15) is 0 Å². The van der Waals surface area contributed by atoms with Gasteiger partial charge in [-0.1, -0.05) is 41.9 Å². The van der Waals surface area contributed by atoms with Crippen LogP contribution in [0.2, 0.25) is 5.02 Å². The molecule has 3 aromatic carbocycles. The average Bonchev–Trinajstić information content (AvgIpc) is 3.09. The van der Waals surface area contributed by atoms with E-state index in [-0.39, 0.29) is 34.9 Å². The summed E-state index contributed by atoms with van der Waals surface area (Å²) in [6, 6.07) is 15.7. The Balaban J connectivity index is 1.58. The van der Waals surface area contributed by atoms with Gasteiger partial charge in [0.25, 0.3) is 11.1 Å². The fourth-order valence-electron chi connectivity index (χ4n) is 3.63. The second-order valence-corrected chi connectivity index (χ2v) is 10.5. The summed E-state index contributed by atoms with van der Waals surface area (Å²) in [6.07, 6.45) is 1.67. The van der Waals surface area contributed by atoms with Gasteiger partial charge in [-0.3, -0.25) is 14.5 Å². The molecule has 3 aromatic rings. The standard InChI is InChI=1S/C27H22ClFINO4S/c1-3-34-23-12-17(11-22(30)25(23)35-15-19-20(28)9-6-10-21(19)29)13-24-26(32)31(27(33)36-24)14-18-8-5-4-7-16(18)2/h4-13H,3,14-15H2,1-2H3/b24-13-. The summed E-state index contributed by atoms with van der Waals surface area (Å²) in [5.74, 6) is 0.105. The molecule has 0 N–H and O–H groups in total. The molecule has 1 aliphatic rings. The molecule has 36 heavy (non-hydrogen) atoms. The third-order valence-corrected chi connectivity index (χ3v) is 7.58. The second-order valence-electron chi connectivity index (χ2n) is 7.95. The predicted molar refractivity (Wildman–Crippen MR) is 149 cm³/mol. The van der Waals surface area contributed by atoms with Gasteiger partial charge in [0.15, 0.2) is 11.5 Å². The number of halogens is 3. The highest BCUT2D eigenvalue weighted by Gasteiger charge is 2.35. The van der Waals surface area contributed by atoms with Gasteiger partial charge in [0.05, 0.1) is 26.6 Å². The topological polar surface area (TPSA) is 55.8 Å². The molecule has 4 rings (SSSR count). The summed E-state index contributed by atoms with van der Waals surface area (Å²) in [5, 5.41) is -0.0306. The Morgan fingerprint density at radius 1 is 1.11 bits per heavy atom. The quantitative estimate of drug-likeness (QED) is 0.188. The van der Waals surface area contributed by atoms with Crippen LogP contribution in [0, 0.1) is 16.3 Å². The van der Waals surface area contributed by atoms with E-state index in [1.165, 1.54) is 17.0 Å². The summed E-state index contributed by atoms with van der Waals surface area (Å²) in [7, 11) is 0. The fourth-order valence-corrected chi connectivity index (χ4v) is 5.47. The molecule has 0 spiro atoms. The number of aryl methyl sites for hydroxylation is 1. The number of thioether (sulfide) groups is 1. The number of carbonyl (C=O) groups excluding carboxylic acids is 2. The van der Waals surface area contributed by atoms with Gasteiger partial charge in [-0.15, -0.1) is 0 Å². The van der Waals surface area contributed by atoms with E-state index in [0.717, 1.165) is 22.9 Å². The van der Waals surface area contributed by atoms with Crippen LogP contribution in [-0.4, -0.2) is 22.7 Å². The predicted octanol–water partition coefficient (Wildman–Crippen LogP) is 7.61. The first-order valence-electron chi connectivity index (χ1n) is 11.1. The zero-order valence-electron chi connectivity index (χ0n) is 19.5. The highest BCUT2D eigenvalue weighted by molar-refractivity contribution is 14.1. The molecular formula is C27H22ClFINO4S. The first-order chi connectivity index (χ1) is 17.3. The smallest absolute Gasteiger partial charge is 0.293 e. The highest BCUT2D eigenvalue weighted by atomic mass is 127. The van der Waals surface area contributed by atoms with Crippen molar-refractivity contribution in [3.63, 3.8) is 0 Å². The zero-order chi connectivity index (χ0) is 25.8. The number of imide groups is 1. The third-order valence-electron chi connectivity index (χ3n) is 5.52. The van der Waals surface area contributed by atoms with Crippen molar-refractivity contribution in [2.45, 2.75) is 27.0 Å². The van der Waals surface area contributed by atoms with Gasteiger partial charge in [-0.25, -0.2) is 4.39 Å². The third kappa shape index (κ3) is 5.87. The summed E-state index contributed by atoms with van der Waals surface area (Å²) in [6.45, 7) is 4.32. The maximum Gasteiger partial charge on any atom is 0.293 e. The van der Waals surface area contributed by atoms with E-state index in [9.17, 15) is 14.0 Å². The Labute approximate surface area is 231 Å². The fraction of sp³-hybridized carbons (Fsp3) is 0.185. The number of ether oxygens (including phenoxy) is 2. The molecule has 9 heteroatoms. The minimum Gasteiger partial charge on any atom is -0.490 e.